The molecule has 0 aliphatic rings. The summed E-state index contributed by atoms with van der Waals surface area (Å²) in [4.78, 5) is 7.60. The van der Waals surface area contributed by atoms with Crippen LogP contribution in [0.4, 0.5) is 5.69 Å². The van der Waals surface area contributed by atoms with Crippen LogP contribution in [-0.4, -0.2) is 18.4 Å². The third kappa shape index (κ3) is 2.95. The lowest BCUT2D eigenvalue weighted by molar-refractivity contribution is 0.603. The van der Waals surface area contributed by atoms with Gasteiger partial charge in [-0.15, -0.1) is 0 Å². The Morgan fingerprint density at radius 3 is 2.76 bits per heavy atom. The summed E-state index contributed by atoms with van der Waals surface area (Å²) < 4.78 is 26.9. The van der Waals surface area contributed by atoms with E-state index in [1.807, 2.05) is 0 Å². The predicted octanol–water partition coefficient (Wildman–Crippen LogP) is 2.75. The van der Waals surface area contributed by atoms with Crippen molar-refractivity contribution in [3.63, 3.8) is 0 Å². The normalized spacial score (nSPS) is 11.4. The van der Waals surface area contributed by atoms with Crippen molar-refractivity contribution in [1.82, 2.24) is 9.97 Å². The summed E-state index contributed by atoms with van der Waals surface area (Å²) in [5, 5.41) is 0. The third-order valence-electron chi connectivity index (χ3n) is 1.72. The van der Waals surface area contributed by atoms with E-state index in [0.29, 0.717) is 10.3 Å². The van der Waals surface area contributed by atoms with Crippen molar-refractivity contribution in [2.45, 2.75) is 4.21 Å². The molecule has 0 amide bonds. The number of halogens is 2. The van der Waals surface area contributed by atoms with Gasteiger partial charge >= 0.3 is 0 Å². The van der Waals surface area contributed by atoms with Gasteiger partial charge < -0.3 is 0 Å². The van der Waals surface area contributed by atoms with Gasteiger partial charge in [-0.05, 0) is 28.1 Å². The fourth-order valence-electron chi connectivity index (χ4n) is 1.02. The summed E-state index contributed by atoms with van der Waals surface area (Å²) in [6.07, 6.45) is 2.76. The molecule has 0 saturated carbocycles. The molecule has 2 rings (SSSR count). The first-order chi connectivity index (χ1) is 7.99. The highest BCUT2D eigenvalue weighted by atomic mass is 79.9. The lowest BCUT2D eigenvalue weighted by Crippen LogP contribution is -2.12. The van der Waals surface area contributed by atoms with Crippen molar-refractivity contribution < 1.29 is 8.42 Å². The number of pyridine rings is 1. The minimum absolute atomic E-state index is 0.0539. The van der Waals surface area contributed by atoms with Crippen molar-refractivity contribution in [2.75, 3.05) is 4.72 Å². The highest BCUT2D eigenvalue weighted by Crippen LogP contribution is 2.26. The molecule has 9 heteroatoms. The summed E-state index contributed by atoms with van der Waals surface area (Å²) in [5.41, 5.74) is 0.358. The largest absolute Gasteiger partial charge is 0.276 e. The minimum Gasteiger partial charge on any atom is -0.276 e. The lowest BCUT2D eigenvalue weighted by atomic mass is 10.4. The molecule has 2 aromatic heterocycles. The topological polar surface area (TPSA) is 72.0 Å². The summed E-state index contributed by atoms with van der Waals surface area (Å²) >= 11 is 9.63. The third-order valence-corrected chi connectivity index (χ3v) is 5.30. The zero-order valence-electron chi connectivity index (χ0n) is 8.09. The molecule has 0 aliphatic heterocycles. The highest BCUT2D eigenvalue weighted by molar-refractivity contribution is 9.10. The standard InChI is InChI=1S/C8H5BrClN3O2S2/c9-7-5(2-1-3-11-7)13-17(14,15)6-4-12-8(10)16-6/h1-4,13H. The SMILES string of the molecule is O=S(=O)(Nc1cccnc1Br)c1cnc(Cl)s1. The Kier molecular flexibility index (Phi) is 3.67. The number of sulfonamides is 1. The number of nitrogens with zero attached hydrogens (tertiary/aromatic N) is 2. The lowest BCUT2D eigenvalue weighted by Gasteiger charge is -2.06. The quantitative estimate of drug-likeness (QED) is 0.860. The smallest absolute Gasteiger partial charge is 0.273 e. The summed E-state index contributed by atoms with van der Waals surface area (Å²) in [6.45, 7) is 0. The van der Waals surface area contributed by atoms with E-state index in [0.717, 1.165) is 11.3 Å². The molecule has 0 fully saturated rings. The molecule has 0 aliphatic carbocycles. The van der Waals surface area contributed by atoms with Gasteiger partial charge in [0.1, 0.15) is 4.60 Å². The van der Waals surface area contributed by atoms with Gasteiger partial charge in [-0.1, -0.05) is 22.9 Å². The highest BCUT2D eigenvalue weighted by Gasteiger charge is 2.18. The number of thiazole rings is 1. The van der Waals surface area contributed by atoms with Crippen molar-refractivity contribution in [3.8, 4) is 0 Å². The molecule has 90 valence electrons. The van der Waals surface area contributed by atoms with Crippen LogP contribution < -0.4 is 4.72 Å². The van der Waals surface area contributed by atoms with Crippen LogP contribution in [-0.2, 0) is 10.0 Å². The van der Waals surface area contributed by atoms with Crippen molar-refractivity contribution in [2.24, 2.45) is 0 Å². The Balaban J connectivity index is 2.33. The first-order valence-corrected chi connectivity index (χ1v) is 7.71. The zero-order chi connectivity index (χ0) is 12.5. The number of hydrogen-bond donors (Lipinski definition) is 1. The van der Waals surface area contributed by atoms with Crippen LogP contribution in [0, 0.1) is 0 Å². The summed E-state index contributed by atoms with van der Waals surface area (Å²) in [7, 11) is -3.66. The van der Waals surface area contributed by atoms with Crippen molar-refractivity contribution in [1.29, 1.82) is 0 Å². The molecule has 0 aromatic carbocycles. The van der Waals surface area contributed by atoms with Crippen LogP contribution in [0.2, 0.25) is 4.47 Å². The molecule has 2 heterocycles. The second-order valence-electron chi connectivity index (χ2n) is 2.88. The summed E-state index contributed by atoms with van der Waals surface area (Å²) in [5.74, 6) is 0. The fraction of sp³-hybridized carbons (Fsp3) is 0. The minimum atomic E-state index is -3.66. The molecule has 5 nitrogen and oxygen atoms in total. The van der Waals surface area contributed by atoms with Gasteiger partial charge in [-0.3, -0.25) is 4.72 Å². The molecule has 0 radical (unpaired) electrons. The molecule has 0 spiro atoms. The molecule has 0 unspecified atom stereocenters. The molecule has 0 bridgehead atoms. The monoisotopic (exact) mass is 353 g/mol. The van der Waals surface area contributed by atoms with E-state index in [-0.39, 0.29) is 8.68 Å². The van der Waals surface area contributed by atoms with E-state index < -0.39 is 10.0 Å². The predicted molar refractivity (Wildman–Crippen MR) is 69.9 cm³/mol. The Hall–Kier alpha value is -0.700. The van der Waals surface area contributed by atoms with E-state index in [1.54, 1.807) is 18.3 Å². The number of hydrogen-bond acceptors (Lipinski definition) is 5. The average molecular weight is 355 g/mol. The Morgan fingerprint density at radius 1 is 1.41 bits per heavy atom. The van der Waals surface area contributed by atoms with Crippen LogP contribution in [0.25, 0.3) is 0 Å². The maximum Gasteiger partial charge on any atom is 0.273 e. The molecular weight excluding hydrogens is 350 g/mol. The Morgan fingerprint density at radius 2 is 2.18 bits per heavy atom. The number of rotatable bonds is 3. The van der Waals surface area contributed by atoms with E-state index in [4.69, 9.17) is 11.6 Å². The van der Waals surface area contributed by atoms with Crippen LogP contribution >= 0.6 is 38.9 Å². The van der Waals surface area contributed by atoms with Crippen molar-refractivity contribution in [3.05, 3.63) is 33.6 Å². The average Bonchev–Trinajstić information content (AvgIpc) is 2.69. The molecule has 17 heavy (non-hydrogen) atoms. The van der Waals surface area contributed by atoms with Gasteiger partial charge in [-0.2, -0.15) is 0 Å². The molecule has 1 N–H and O–H groups in total. The number of aromatic nitrogens is 2. The zero-order valence-corrected chi connectivity index (χ0v) is 12.1. The van der Waals surface area contributed by atoms with Crippen LogP contribution in [0.15, 0.2) is 33.3 Å². The Labute approximate surface area is 115 Å². The molecular formula is C8H5BrClN3O2S2. The van der Waals surface area contributed by atoms with Crippen LogP contribution in [0.3, 0.4) is 0 Å². The first-order valence-electron chi connectivity index (χ1n) is 4.24. The second kappa shape index (κ2) is 4.89. The fourth-order valence-corrected chi connectivity index (χ4v) is 3.86. The Bertz CT molecular complexity index is 644. The van der Waals surface area contributed by atoms with E-state index in [9.17, 15) is 8.42 Å². The maximum absolute atomic E-state index is 11.9. The molecule has 2 aromatic rings. The maximum atomic E-state index is 11.9. The van der Waals surface area contributed by atoms with Crippen LogP contribution in [0.5, 0.6) is 0 Å². The van der Waals surface area contributed by atoms with E-state index in [2.05, 4.69) is 30.6 Å². The van der Waals surface area contributed by atoms with Crippen molar-refractivity contribution >= 4 is 54.6 Å². The number of nitrogens with one attached hydrogen (secondary N) is 1. The summed E-state index contributed by atoms with van der Waals surface area (Å²) in [6, 6.07) is 3.22. The first kappa shape index (κ1) is 12.7. The van der Waals surface area contributed by atoms with E-state index >= 15 is 0 Å². The molecule has 0 atom stereocenters. The van der Waals surface area contributed by atoms with Gasteiger partial charge in [-0.25, -0.2) is 18.4 Å². The van der Waals surface area contributed by atoms with E-state index in [1.165, 1.54) is 6.20 Å². The number of anilines is 1. The van der Waals surface area contributed by atoms with Gasteiger partial charge in [0.2, 0.25) is 0 Å². The van der Waals surface area contributed by atoms with Crippen LogP contribution in [0.1, 0.15) is 0 Å². The molecule has 0 saturated heterocycles. The van der Waals surface area contributed by atoms with Gasteiger partial charge in [0, 0.05) is 6.20 Å². The second-order valence-corrected chi connectivity index (χ2v) is 7.15. The van der Waals surface area contributed by atoms with Gasteiger partial charge in [0.15, 0.2) is 8.68 Å². The van der Waals surface area contributed by atoms with Gasteiger partial charge in [0.25, 0.3) is 10.0 Å². The van der Waals surface area contributed by atoms with Gasteiger partial charge in [0.05, 0.1) is 11.9 Å².